The lowest BCUT2D eigenvalue weighted by Crippen LogP contribution is -2.44. The lowest BCUT2D eigenvalue weighted by molar-refractivity contribution is -0.135. The number of aromatic nitrogens is 2. The average Bonchev–Trinajstić information content (AvgIpc) is 3.02. The molecule has 10 heteroatoms. The lowest BCUT2D eigenvalue weighted by Gasteiger charge is -2.21. The first-order valence-corrected chi connectivity index (χ1v) is 11.0. The quantitative estimate of drug-likeness (QED) is 0.332. The molecule has 1 aliphatic heterocycles. The van der Waals surface area contributed by atoms with Crippen molar-refractivity contribution in [1.82, 2.24) is 14.5 Å². The second-order valence-electron chi connectivity index (χ2n) is 7.73. The van der Waals surface area contributed by atoms with E-state index in [0.717, 1.165) is 23.9 Å². The number of piperidine rings is 1. The SMILES string of the molecule is Cn1c(=O)n(C2CCC(=O)NC2=O)c2ccc(CCCOCCOCCOCCN)cc21. The topological polar surface area (TPSA) is 127 Å². The van der Waals surface area contributed by atoms with Crippen molar-refractivity contribution in [2.75, 3.05) is 46.2 Å². The molecule has 0 aliphatic carbocycles. The number of ether oxygens (including phenoxy) is 3. The number of nitrogens with two attached hydrogens (primary N) is 1. The third-order valence-corrected chi connectivity index (χ3v) is 5.44. The minimum absolute atomic E-state index is 0.227. The van der Waals surface area contributed by atoms with Crippen LogP contribution in [0.5, 0.6) is 0 Å². The Balaban J connectivity index is 1.49. The summed E-state index contributed by atoms with van der Waals surface area (Å²) in [6, 6.07) is 5.15. The molecule has 176 valence electrons. The predicted molar refractivity (Wildman–Crippen MR) is 118 cm³/mol. The highest BCUT2D eigenvalue weighted by Crippen LogP contribution is 2.24. The first-order valence-electron chi connectivity index (χ1n) is 11.0. The van der Waals surface area contributed by atoms with Gasteiger partial charge in [0.15, 0.2) is 0 Å². The van der Waals surface area contributed by atoms with Crippen LogP contribution in [0.2, 0.25) is 0 Å². The number of benzene rings is 1. The van der Waals surface area contributed by atoms with Crippen molar-refractivity contribution in [3.05, 3.63) is 34.2 Å². The molecule has 1 atom stereocenters. The van der Waals surface area contributed by atoms with Crippen molar-refractivity contribution in [2.45, 2.75) is 31.7 Å². The van der Waals surface area contributed by atoms with Crippen molar-refractivity contribution in [3.8, 4) is 0 Å². The summed E-state index contributed by atoms with van der Waals surface area (Å²) in [5, 5.41) is 2.32. The number of fused-ring (bicyclic) bond motifs is 1. The van der Waals surface area contributed by atoms with Crippen molar-refractivity contribution in [2.24, 2.45) is 12.8 Å². The minimum atomic E-state index is -0.669. The summed E-state index contributed by atoms with van der Waals surface area (Å²) in [7, 11) is 1.70. The summed E-state index contributed by atoms with van der Waals surface area (Å²) in [5.41, 5.74) is 7.62. The van der Waals surface area contributed by atoms with E-state index in [1.807, 2.05) is 18.2 Å². The van der Waals surface area contributed by atoms with Gasteiger partial charge >= 0.3 is 5.69 Å². The molecule has 1 aromatic heterocycles. The Bertz CT molecular complexity index is 983. The summed E-state index contributed by atoms with van der Waals surface area (Å²) in [6.45, 7) is 3.78. The standard InChI is InChI=1S/C22H32N4O6/c1-25-19-15-16(3-2-9-30-11-13-32-14-12-31-10-8-23)4-5-17(19)26(22(25)29)18-6-7-20(27)24-21(18)28/h4-5,15,18H,2-3,6-14,23H2,1H3,(H,24,27,28). The Morgan fingerprint density at radius 2 is 1.69 bits per heavy atom. The van der Waals surface area contributed by atoms with Gasteiger partial charge in [0.2, 0.25) is 11.8 Å². The van der Waals surface area contributed by atoms with Gasteiger partial charge in [0.05, 0.1) is 44.1 Å². The number of carbonyl (C=O) groups is 2. The fourth-order valence-electron chi connectivity index (χ4n) is 3.80. The zero-order chi connectivity index (χ0) is 22.9. The number of hydrogen-bond acceptors (Lipinski definition) is 7. The number of nitrogens with one attached hydrogen (secondary N) is 1. The number of imidazole rings is 1. The number of nitrogens with zero attached hydrogens (tertiary/aromatic N) is 2. The Morgan fingerprint density at radius 1 is 1.00 bits per heavy atom. The molecule has 2 heterocycles. The summed E-state index contributed by atoms with van der Waals surface area (Å²) in [5.74, 6) is -0.726. The van der Waals surface area contributed by atoms with E-state index in [1.165, 1.54) is 4.57 Å². The van der Waals surface area contributed by atoms with E-state index >= 15 is 0 Å². The van der Waals surface area contributed by atoms with Crippen LogP contribution in [0, 0.1) is 0 Å². The van der Waals surface area contributed by atoms with E-state index in [1.54, 1.807) is 11.6 Å². The summed E-state index contributed by atoms with van der Waals surface area (Å²) < 4.78 is 19.3. The molecular weight excluding hydrogens is 416 g/mol. The maximum Gasteiger partial charge on any atom is 0.329 e. The van der Waals surface area contributed by atoms with Gasteiger partial charge in [-0.05, 0) is 37.0 Å². The molecule has 3 rings (SSSR count). The van der Waals surface area contributed by atoms with Gasteiger partial charge in [-0.3, -0.25) is 24.0 Å². The molecule has 1 saturated heterocycles. The van der Waals surface area contributed by atoms with Crippen LogP contribution >= 0.6 is 0 Å². The van der Waals surface area contributed by atoms with Gasteiger partial charge in [0, 0.05) is 26.6 Å². The molecule has 1 aliphatic rings. The van der Waals surface area contributed by atoms with Gasteiger partial charge in [-0.1, -0.05) is 6.07 Å². The maximum absolute atomic E-state index is 12.8. The lowest BCUT2D eigenvalue weighted by atomic mass is 10.1. The number of amides is 2. The van der Waals surface area contributed by atoms with Crippen LogP contribution in [0.4, 0.5) is 0 Å². The summed E-state index contributed by atoms with van der Waals surface area (Å²) in [4.78, 5) is 36.5. The molecule has 1 aromatic carbocycles. The normalized spacial score (nSPS) is 16.6. The Kier molecular flexibility index (Phi) is 8.98. The molecule has 0 spiro atoms. The van der Waals surface area contributed by atoms with Crippen molar-refractivity contribution >= 4 is 22.8 Å². The highest BCUT2D eigenvalue weighted by Gasteiger charge is 2.31. The average molecular weight is 449 g/mol. The van der Waals surface area contributed by atoms with Gasteiger partial charge in [0.1, 0.15) is 6.04 Å². The number of carbonyl (C=O) groups excluding carboxylic acids is 2. The molecule has 1 fully saturated rings. The van der Waals surface area contributed by atoms with Crippen LogP contribution in [0.25, 0.3) is 11.0 Å². The van der Waals surface area contributed by atoms with Gasteiger partial charge in [-0.25, -0.2) is 4.79 Å². The fourth-order valence-corrected chi connectivity index (χ4v) is 3.80. The maximum atomic E-state index is 12.8. The van der Waals surface area contributed by atoms with Gasteiger partial charge in [-0.2, -0.15) is 0 Å². The first kappa shape index (κ1) is 24.1. The summed E-state index contributed by atoms with van der Waals surface area (Å²) in [6.07, 6.45) is 2.20. The largest absolute Gasteiger partial charge is 0.379 e. The fraction of sp³-hybridized carbons (Fsp3) is 0.591. The number of rotatable bonds is 13. The van der Waals surface area contributed by atoms with Crippen molar-refractivity contribution in [1.29, 1.82) is 0 Å². The van der Waals surface area contributed by atoms with E-state index in [2.05, 4.69) is 5.32 Å². The molecule has 3 N–H and O–H groups in total. The molecule has 2 amide bonds. The predicted octanol–water partition coefficient (Wildman–Crippen LogP) is 0.259. The van der Waals surface area contributed by atoms with Gasteiger partial charge < -0.3 is 19.9 Å². The van der Waals surface area contributed by atoms with Crippen LogP contribution in [-0.4, -0.2) is 67.1 Å². The molecule has 1 unspecified atom stereocenters. The third-order valence-electron chi connectivity index (χ3n) is 5.44. The van der Waals surface area contributed by atoms with E-state index in [-0.39, 0.29) is 18.0 Å². The molecule has 0 bridgehead atoms. The molecular formula is C22H32N4O6. The highest BCUT2D eigenvalue weighted by molar-refractivity contribution is 6.00. The minimum Gasteiger partial charge on any atom is -0.379 e. The Labute approximate surface area is 186 Å². The first-order chi connectivity index (χ1) is 15.5. The van der Waals surface area contributed by atoms with Crippen LogP contribution in [-0.2, 0) is 37.3 Å². The molecule has 0 radical (unpaired) electrons. The van der Waals surface area contributed by atoms with E-state index in [4.69, 9.17) is 19.9 Å². The zero-order valence-corrected chi connectivity index (χ0v) is 18.5. The van der Waals surface area contributed by atoms with Crippen molar-refractivity contribution < 1.29 is 23.8 Å². The third kappa shape index (κ3) is 6.04. The highest BCUT2D eigenvalue weighted by atomic mass is 16.5. The number of hydrogen-bond donors (Lipinski definition) is 2. The molecule has 0 saturated carbocycles. The molecule has 2 aromatic rings. The second-order valence-corrected chi connectivity index (χ2v) is 7.73. The monoisotopic (exact) mass is 448 g/mol. The van der Waals surface area contributed by atoms with E-state index < -0.39 is 11.9 Å². The van der Waals surface area contributed by atoms with Gasteiger partial charge in [-0.15, -0.1) is 0 Å². The molecule has 32 heavy (non-hydrogen) atoms. The summed E-state index contributed by atoms with van der Waals surface area (Å²) >= 11 is 0. The zero-order valence-electron chi connectivity index (χ0n) is 18.5. The Morgan fingerprint density at radius 3 is 2.38 bits per heavy atom. The van der Waals surface area contributed by atoms with E-state index in [9.17, 15) is 14.4 Å². The second kappa shape index (κ2) is 11.9. The number of aryl methyl sites for hydroxylation is 2. The van der Waals surface area contributed by atoms with Gasteiger partial charge in [0.25, 0.3) is 0 Å². The van der Waals surface area contributed by atoms with Crippen LogP contribution < -0.4 is 16.7 Å². The van der Waals surface area contributed by atoms with Crippen LogP contribution in [0.15, 0.2) is 23.0 Å². The van der Waals surface area contributed by atoms with Crippen molar-refractivity contribution in [3.63, 3.8) is 0 Å². The number of imide groups is 1. The molecule has 10 nitrogen and oxygen atoms in total. The van der Waals surface area contributed by atoms with Crippen LogP contribution in [0.3, 0.4) is 0 Å². The van der Waals surface area contributed by atoms with E-state index in [0.29, 0.717) is 58.1 Å². The van der Waals surface area contributed by atoms with Crippen LogP contribution in [0.1, 0.15) is 30.9 Å². The smallest absolute Gasteiger partial charge is 0.329 e. The Hall–Kier alpha value is -2.53.